The van der Waals surface area contributed by atoms with Crippen LogP contribution in [0.25, 0.3) is 6.08 Å². The molecule has 3 rings (SSSR count). The molecule has 0 bridgehead atoms. The SMILES string of the molecule is CCC(CO)N1CCN(CC2=Cc3cc(Cl)ccc3OC2)CC1. The van der Waals surface area contributed by atoms with Crippen molar-refractivity contribution in [2.45, 2.75) is 19.4 Å². The van der Waals surface area contributed by atoms with Crippen LogP contribution < -0.4 is 4.74 Å². The number of aliphatic hydroxyl groups excluding tert-OH is 1. The molecule has 4 nitrogen and oxygen atoms in total. The summed E-state index contributed by atoms with van der Waals surface area (Å²) in [6.07, 6.45) is 3.21. The summed E-state index contributed by atoms with van der Waals surface area (Å²) in [5.74, 6) is 0.914. The Balaban J connectivity index is 1.57. The third-order valence-electron chi connectivity index (χ3n) is 4.78. The summed E-state index contributed by atoms with van der Waals surface area (Å²) < 4.78 is 5.83. The van der Waals surface area contributed by atoms with Crippen LogP contribution in [0.2, 0.25) is 5.02 Å². The zero-order valence-corrected chi connectivity index (χ0v) is 14.4. The molecule has 2 heterocycles. The summed E-state index contributed by atoms with van der Waals surface area (Å²) in [4.78, 5) is 4.86. The summed E-state index contributed by atoms with van der Waals surface area (Å²) in [6, 6.07) is 6.07. The zero-order chi connectivity index (χ0) is 16.2. The molecule has 0 saturated carbocycles. The minimum Gasteiger partial charge on any atom is -0.489 e. The van der Waals surface area contributed by atoms with Gasteiger partial charge < -0.3 is 9.84 Å². The molecule has 1 aromatic rings. The van der Waals surface area contributed by atoms with Gasteiger partial charge in [0.25, 0.3) is 0 Å². The Morgan fingerprint density at radius 1 is 1.26 bits per heavy atom. The van der Waals surface area contributed by atoms with Crippen LogP contribution in [-0.2, 0) is 0 Å². The molecular weight excluding hydrogens is 312 g/mol. The van der Waals surface area contributed by atoms with Gasteiger partial charge in [-0.05, 0) is 36.3 Å². The maximum Gasteiger partial charge on any atom is 0.127 e. The highest BCUT2D eigenvalue weighted by molar-refractivity contribution is 6.30. The number of hydrogen-bond donors (Lipinski definition) is 1. The van der Waals surface area contributed by atoms with Crippen LogP contribution in [0, 0.1) is 0 Å². The Labute approximate surface area is 143 Å². The first kappa shape index (κ1) is 16.8. The molecule has 5 heteroatoms. The smallest absolute Gasteiger partial charge is 0.127 e. The van der Waals surface area contributed by atoms with Gasteiger partial charge in [0.1, 0.15) is 12.4 Å². The summed E-state index contributed by atoms with van der Waals surface area (Å²) in [7, 11) is 0. The third-order valence-corrected chi connectivity index (χ3v) is 5.01. The summed E-state index contributed by atoms with van der Waals surface area (Å²) in [6.45, 7) is 8.11. The minimum atomic E-state index is 0.257. The number of halogens is 1. The van der Waals surface area contributed by atoms with Gasteiger partial charge in [0, 0.05) is 49.4 Å². The van der Waals surface area contributed by atoms with E-state index >= 15 is 0 Å². The van der Waals surface area contributed by atoms with Crippen molar-refractivity contribution in [3.8, 4) is 5.75 Å². The quantitative estimate of drug-likeness (QED) is 0.896. The first-order valence-electron chi connectivity index (χ1n) is 8.38. The van der Waals surface area contributed by atoms with E-state index in [1.54, 1.807) is 0 Å². The number of hydrogen-bond acceptors (Lipinski definition) is 4. The van der Waals surface area contributed by atoms with E-state index in [0.717, 1.165) is 55.5 Å². The van der Waals surface area contributed by atoms with Crippen molar-refractivity contribution in [3.05, 3.63) is 34.4 Å². The maximum atomic E-state index is 9.43. The average molecular weight is 337 g/mol. The molecule has 0 amide bonds. The molecule has 2 aliphatic rings. The fourth-order valence-electron chi connectivity index (χ4n) is 3.36. The zero-order valence-electron chi connectivity index (χ0n) is 13.7. The van der Waals surface area contributed by atoms with Crippen molar-refractivity contribution in [2.24, 2.45) is 0 Å². The second kappa shape index (κ2) is 7.67. The van der Waals surface area contributed by atoms with Gasteiger partial charge in [0.05, 0.1) is 6.61 Å². The Morgan fingerprint density at radius 3 is 2.74 bits per heavy atom. The van der Waals surface area contributed by atoms with Crippen LogP contribution in [-0.4, -0.2) is 66.9 Å². The van der Waals surface area contributed by atoms with Crippen LogP contribution in [0.15, 0.2) is 23.8 Å². The molecule has 1 saturated heterocycles. The van der Waals surface area contributed by atoms with Crippen LogP contribution in [0.5, 0.6) is 5.75 Å². The van der Waals surface area contributed by atoms with E-state index in [0.29, 0.717) is 12.6 Å². The predicted octanol–water partition coefficient (Wildman–Crippen LogP) is 2.50. The summed E-state index contributed by atoms with van der Waals surface area (Å²) in [5.41, 5.74) is 2.37. The molecule has 1 unspecified atom stereocenters. The Morgan fingerprint density at radius 2 is 2.04 bits per heavy atom. The largest absolute Gasteiger partial charge is 0.489 e. The van der Waals surface area contributed by atoms with E-state index in [1.165, 1.54) is 5.57 Å². The van der Waals surface area contributed by atoms with Gasteiger partial charge in [0.15, 0.2) is 0 Å². The number of nitrogens with zero attached hydrogens (tertiary/aromatic N) is 2. The fraction of sp³-hybridized carbons (Fsp3) is 0.556. The van der Waals surface area contributed by atoms with Crippen molar-refractivity contribution in [1.82, 2.24) is 9.80 Å². The van der Waals surface area contributed by atoms with Gasteiger partial charge in [-0.1, -0.05) is 18.5 Å². The van der Waals surface area contributed by atoms with Gasteiger partial charge >= 0.3 is 0 Å². The van der Waals surface area contributed by atoms with E-state index < -0.39 is 0 Å². The molecule has 0 aliphatic carbocycles. The monoisotopic (exact) mass is 336 g/mol. The standard InChI is InChI=1S/C18H25ClN2O2/c1-2-17(12-22)21-7-5-20(6-8-21)11-14-9-15-10-16(19)3-4-18(15)23-13-14/h3-4,9-10,17,22H,2,5-8,11-13H2,1H3. The van der Waals surface area contributed by atoms with Gasteiger partial charge in [-0.3, -0.25) is 9.80 Å². The normalized spacial score (nSPS) is 20.6. The summed E-state index contributed by atoms with van der Waals surface area (Å²) >= 11 is 6.07. The predicted molar refractivity (Wildman–Crippen MR) is 94.1 cm³/mol. The van der Waals surface area contributed by atoms with Crippen molar-refractivity contribution in [1.29, 1.82) is 0 Å². The molecule has 0 radical (unpaired) electrons. The lowest BCUT2D eigenvalue weighted by Crippen LogP contribution is -2.51. The Kier molecular flexibility index (Phi) is 5.59. The second-order valence-electron chi connectivity index (χ2n) is 6.33. The second-order valence-corrected chi connectivity index (χ2v) is 6.77. The highest BCUT2D eigenvalue weighted by atomic mass is 35.5. The van der Waals surface area contributed by atoms with Gasteiger partial charge in [0.2, 0.25) is 0 Å². The van der Waals surface area contributed by atoms with Crippen molar-refractivity contribution in [2.75, 3.05) is 45.9 Å². The van der Waals surface area contributed by atoms with Crippen molar-refractivity contribution >= 4 is 17.7 Å². The number of ether oxygens (including phenoxy) is 1. The first-order valence-corrected chi connectivity index (χ1v) is 8.76. The number of piperazine rings is 1. The molecule has 126 valence electrons. The van der Waals surface area contributed by atoms with Crippen LogP contribution >= 0.6 is 11.6 Å². The number of fused-ring (bicyclic) bond motifs is 1. The molecule has 2 aliphatic heterocycles. The van der Waals surface area contributed by atoms with Gasteiger partial charge in [-0.25, -0.2) is 0 Å². The van der Waals surface area contributed by atoms with Crippen LogP contribution in [0.1, 0.15) is 18.9 Å². The lowest BCUT2D eigenvalue weighted by atomic mass is 10.1. The highest BCUT2D eigenvalue weighted by Crippen LogP contribution is 2.29. The molecule has 23 heavy (non-hydrogen) atoms. The molecule has 1 N–H and O–H groups in total. The lowest BCUT2D eigenvalue weighted by molar-refractivity contribution is 0.0664. The van der Waals surface area contributed by atoms with Gasteiger partial charge in [-0.2, -0.15) is 0 Å². The molecule has 0 spiro atoms. The molecule has 1 aromatic carbocycles. The summed E-state index contributed by atoms with van der Waals surface area (Å²) in [5, 5.41) is 10.2. The topological polar surface area (TPSA) is 35.9 Å². The third kappa shape index (κ3) is 4.07. The molecular formula is C18H25ClN2O2. The first-order chi connectivity index (χ1) is 11.2. The molecule has 0 aromatic heterocycles. The minimum absolute atomic E-state index is 0.257. The van der Waals surface area contributed by atoms with Crippen LogP contribution in [0.3, 0.4) is 0 Å². The Hall–Kier alpha value is -1.07. The maximum absolute atomic E-state index is 9.43. The van der Waals surface area contributed by atoms with E-state index in [1.807, 2.05) is 18.2 Å². The lowest BCUT2D eigenvalue weighted by Gasteiger charge is -2.39. The fourth-order valence-corrected chi connectivity index (χ4v) is 3.54. The molecule has 1 atom stereocenters. The van der Waals surface area contributed by atoms with E-state index in [4.69, 9.17) is 16.3 Å². The van der Waals surface area contributed by atoms with Crippen LogP contribution in [0.4, 0.5) is 0 Å². The van der Waals surface area contributed by atoms with E-state index in [2.05, 4.69) is 22.8 Å². The number of benzene rings is 1. The van der Waals surface area contributed by atoms with E-state index in [-0.39, 0.29) is 6.61 Å². The highest BCUT2D eigenvalue weighted by Gasteiger charge is 2.23. The van der Waals surface area contributed by atoms with Gasteiger partial charge in [-0.15, -0.1) is 0 Å². The Bertz CT molecular complexity index is 564. The van der Waals surface area contributed by atoms with E-state index in [9.17, 15) is 5.11 Å². The average Bonchev–Trinajstić information content (AvgIpc) is 2.57. The number of aliphatic hydroxyl groups is 1. The van der Waals surface area contributed by atoms with Crippen molar-refractivity contribution < 1.29 is 9.84 Å². The molecule has 1 fully saturated rings. The number of rotatable bonds is 5. The van der Waals surface area contributed by atoms with Crippen molar-refractivity contribution in [3.63, 3.8) is 0 Å².